The van der Waals surface area contributed by atoms with Gasteiger partial charge in [0, 0.05) is 39.1 Å². The number of aryl methyl sites for hydroxylation is 1. The van der Waals surface area contributed by atoms with Gasteiger partial charge in [-0.25, -0.2) is 0 Å². The molecule has 1 amide bonds. The summed E-state index contributed by atoms with van der Waals surface area (Å²) in [7, 11) is 0. The van der Waals surface area contributed by atoms with E-state index in [1.54, 1.807) is 11.0 Å². The summed E-state index contributed by atoms with van der Waals surface area (Å²) in [5.41, 5.74) is -0.0882. The summed E-state index contributed by atoms with van der Waals surface area (Å²) in [4.78, 5) is 26.3. The standard InChI is InChI=1S/C18H19BrF3N5O3/c19-15-12-26(23-17(15)27(29)30)5-4-16(28)25-8-6-24(7-9-25)11-13-2-1-3-14(10-13)18(20,21)22/h1-3,10,12H,4-9,11H2. The quantitative estimate of drug-likeness (QED) is 0.459. The predicted molar refractivity (Wildman–Crippen MR) is 104 cm³/mol. The zero-order valence-corrected chi connectivity index (χ0v) is 17.4. The molecule has 2 heterocycles. The van der Waals surface area contributed by atoms with Gasteiger partial charge in [0.15, 0.2) is 0 Å². The number of nitro groups is 1. The number of amides is 1. The van der Waals surface area contributed by atoms with E-state index >= 15 is 0 Å². The van der Waals surface area contributed by atoms with Crippen LogP contribution in [0.25, 0.3) is 0 Å². The summed E-state index contributed by atoms with van der Waals surface area (Å²) >= 11 is 3.06. The van der Waals surface area contributed by atoms with Crippen molar-refractivity contribution in [1.29, 1.82) is 0 Å². The number of benzene rings is 1. The fraction of sp³-hybridized carbons (Fsp3) is 0.444. The van der Waals surface area contributed by atoms with Gasteiger partial charge in [-0.05, 0) is 32.5 Å². The molecule has 1 aliphatic rings. The first-order chi connectivity index (χ1) is 14.1. The number of halogens is 4. The van der Waals surface area contributed by atoms with Crippen LogP contribution in [0.4, 0.5) is 19.0 Å². The number of hydrogen-bond acceptors (Lipinski definition) is 5. The van der Waals surface area contributed by atoms with Crippen molar-refractivity contribution in [2.45, 2.75) is 25.7 Å². The van der Waals surface area contributed by atoms with Gasteiger partial charge < -0.3 is 15.0 Å². The van der Waals surface area contributed by atoms with Crippen LogP contribution in [0.2, 0.25) is 0 Å². The van der Waals surface area contributed by atoms with Crippen molar-refractivity contribution in [2.75, 3.05) is 26.2 Å². The molecule has 2 aromatic rings. The van der Waals surface area contributed by atoms with Crippen molar-refractivity contribution in [3.63, 3.8) is 0 Å². The third-order valence-corrected chi connectivity index (χ3v) is 5.37. The number of piperazine rings is 1. The molecule has 0 atom stereocenters. The lowest BCUT2D eigenvalue weighted by Crippen LogP contribution is -2.48. The molecule has 30 heavy (non-hydrogen) atoms. The van der Waals surface area contributed by atoms with Crippen molar-refractivity contribution < 1.29 is 22.9 Å². The van der Waals surface area contributed by atoms with Crippen LogP contribution in [-0.2, 0) is 24.1 Å². The van der Waals surface area contributed by atoms with E-state index in [0.717, 1.165) is 12.1 Å². The number of carbonyl (C=O) groups is 1. The second-order valence-corrected chi connectivity index (χ2v) is 7.78. The minimum Gasteiger partial charge on any atom is -0.358 e. The lowest BCUT2D eigenvalue weighted by Gasteiger charge is -2.34. The number of carbonyl (C=O) groups excluding carboxylic acids is 1. The average molecular weight is 490 g/mol. The minimum absolute atomic E-state index is 0.0944. The first kappa shape index (κ1) is 22.2. The van der Waals surface area contributed by atoms with Crippen LogP contribution in [-0.4, -0.2) is 56.6 Å². The zero-order valence-electron chi connectivity index (χ0n) is 15.8. The molecular weight excluding hydrogens is 471 g/mol. The number of aromatic nitrogens is 2. The molecule has 0 unspecified atom stereocenters. The molecule has 1 aromatic carbocycles. The second kappa shape index (κ2) is 9.13. The Bertz CT molecular complexity index is 926. The zero-order chi connectivity index (χ0) is 21.9. The Kier molecular flexibility index (Phi) is 6.76. The van der Waals surface area contributed by atoms with E-state index in [9.17, 15) is 28.1 Å². The molecule has 3 rings (SSSR count). The smallest absolute Gasteiger partial charge is 0.358 e. The van der Waals surface area contributed by atoms with Gasteiger partial charge in [-0.15, -0.1) is 0 Å². The van der Waals surface area contributed by atoms with Crippen LogP contribution in [0.5, 0.6) is 0 Å². The van der Waals surface area contributed by atoms with Crippen molar-refractivity contribution >= 4 is 27.7 Å². The van der Waals surface area contributed by atoms with Gasteiger partial charge in [-0.1, -0.05) is 18.2 Å². The molecular formula is C18H19BrF3N5O3. The third kappa shape index (κ3) is 5.57. The fourth-order valence-electron chi connectivity index (χ4n) is 3.25. The highest BCUT2D eigenvalue weighted by molar-refractivity contribution is 9.10. The van der Waals surface area contributed by atoms with E-state index in [1.807, 2.05) is 4.90 Å². The molecule has 8 nitrogen and oxygen atoms in total. The van der Waals surface area contributed by atoms with E-state index in [4.69, 9.17) is 0 Å². The van der Waals surface area contributed by atoms with E-state index < -0.39 is 16.7 Å². The lowest BCUT2D eigenvalue weighted by molar-refractivity contribution is -0.390. The van der Waals surface area contributed by atoms with Gasteiger partial charge in [0.05, 0.1) is 23.4 Å². The average Bonchev–Trinajstić information content (AvgIpc) is 3.07. The third-order valence-electron chi connectivity index (χ3n) is 4.81. The Morgan fingerprint density at radius 1 is 1.23 bits per heavy atom. The van der Waals surface area contributed by atoms with Crippen molar-refractivity contribution in [3.8, 4) is 0 Å². The molecule has 1 aliphatic heterocycles. The number of alkyl halides is 3. The van der Waals surface area contributed by atoms with Crippen LogP contribution in [0.1, 0.15) is 17.5 Å². The van der Waals surface area contributed by atoms with Gasteiger partial charge in [0.1, 0.15) is 4.47 Å². The van der Waals surface area contributed by atoms with E-state index in [2.05, 4.69) is 21.0 Å². The summed E-state index contributed by atoms with van der Waals surface area (Å²) in [5.74, 6) is -0.395. The van der Waals surface area contributed by atoms with E-state index in [1.165, 1.54) is 16.9 Å². The monoisotopic (exact) mass is 489 g/mol. The fourth-order valence-corrected chi connectivity index (χ4v) is 3.71. The van der Waals surface area contributed by atoms with Crippen molar-refractivity contribution in [1.82, 2.24) is 19.6 Å². The van der Waals surface area contributed by atoms with Crippen LogP contribution in [0.3, 0.4) is 0 Å². The number of nitrogens with zero attached hydrogens (tertiary/aromatic N) is 5. The summed E-state index contributed by atoms with van der Waals surface area (Å²) < 4.78 is 40.1. The highest BCUT2D eigenvalue weighted by Gasteiger charge is 2.30. The molecule has 0 aliphatic carbocycles. The molecule has 0 saturated carbocycles. The maximum atomic E-state index is 12.8. The summed E-state index contributed by atoms with van der Waals surface area (Å²) in [6.07, 6.45) is -2.76. The van der Waals surface area contributed by atoms with Gasteiger partial charge in [-0.3, -0.25) is 9.69 Å². The minimum atomic E-state index is -4.37. The van der Waals surface area contributed by atoms with E-state index in [-0.39, 0.29) is 29.2 Å². The van der Waals surface area contributed by atoms with Gasteiger partial charge in [0.25, 0.3) is 0 Å². The van der Waals surface area contributed by atoms with Crippen LogP contribution in [0, 0.1) is 10.1 Å². The molecule has 0 spiro atoms. The van der Waals surface area contributed by atoms with Crippen LogP contribution in [0.15, 0.2) is 34.9 Å². The molecule has 1 fully saturated rings. The van der Waals surface area contributed by atoms with Gasteiger partial charge in [-0.2, -0.15) is 17.9 Å². The van der Waals surface area contributed by atoms with Crippen LogP contribution < -0.4 is 0 Å². The first-order valence-corrected chi connectivity index (χ1v) is 9.96. The van der Waals surface area contributed by atoms with Crippen molar-refractivity contribution in [2.24, 2.45) is 0 Å². The summed E-state index contributed by atoms with van der Waals surface area (Å²) in [6, 6.07) is 5.26. The largest absolute Gasteiger partial charge is 0.416 e. The molecule has 162 valence electrons. The van der Waals surface area contributed by atoms with Gasteiger partial charge in [0.2, 0.25) is 5.91 Å². The predicted octanol–water partition coefficient (Wildman–Crippen LogP) is 3.31. The Morgan fingerprint density at radius 2 is 1.93 bits per heavy atom. The van der Waals surface area contributed by atoms with E-state index in [0.29, 0.717) is 38.3 Å². The summed E-state index contributed by atoms with van der Waals surface area (Å²) in [6.45, 7) is 2.66. The Balaban J connectivity index is 1.48. The molecule has 12 heteroatoms. The normalized spacial score (nSPS) is 15.4. The Morgan fingerprint density at radius 3 is 2.53 bits per heavy atom. The maximum absolute atomic E-state index is 12.8. The molecule has 0 bridgehead atoms. The van der Waals surface area contributed by atoms with Crippen LogP contribution >= 0.6 is 15.9 Å². The SMILES string of the molecule is O=C(CCn1cc(Br)c([N+](=O)[O-])n1)N1CCN(Cc2cccc(C(F)(F)F)c2)CC1. The Hall–Kier alpha value is -2.47. The molecule has 0 N–H and O–H groups in total. The Labute approximate surface area is 178 Å². The van der Waals surface area contributed by atoms with Gasteiger partial charge >= 0.3 is 12.0 Å². The summed E-state index contributed by atoms with van der Waals surface area (Å²) in [5, 5.41) is 14.6. The second-order valence-electron chi connectivity index (χ2n) is 6.93. The highest BCUT2D eigenvalue weighted by atomic mass is 79.9. The highest BCUT2D eigenvalue weighted by Crippen LogP contribution is 2.29. The van der Waals surface area contributed by atoms with Crippen molar-refractivity contribution in [3.05, 3.63) is 56.2 Å². The topological polar surface area (TPSA) is 84.5 Å². The maximum Gasteiger partial charge on any atom is 0.416 e. The number of rotatable bonds is 6. The first-order valence-electron chi connectivity index (χ1n) is 9.17. The number of hydrogen-bond donors (Lipinski definition) is 0. The molecule has 1 aromatic heterocycles. The lowest BCUT2D eigenvalue weighted by atomic mass is 10.1. The molecule has 1 saturated heterocycles. The molecule has 0 radical (unpaired) electrons.